The van der Waals surface area contributed by atoms with Gasteiger partial charge in [0.05, 0.1) is 18.1 Å². The first-order valence-electron chi connectivity index (χ1n) is 4.99. The van der Waals surface area contributed by atoms with E-state index < -0.39 is 11.5 Å². The van der Waals surface area contributed by atoms with Crippen LogP contribution in [0.1, 0.15) is 33.6 Å². The number of hydrogen-bond donors (Lipinski definition) is 1. The zero-order valence-corrected chi connectivity index (χ0v) is 9.25. The minimum atomic E-state index is -0.855. The maximum atomic E-state index is 11.6. The number of rotatable bonds is 6. The highest BCUT2D eigenvalue weighted by Gasteiger charge is 2.39. The predicted molar refractivity (Wildman–Crippen MR) is 55.9 cm³/mol. The number of ether oxygens (including phenoxy) is 1. The van der Waals surface area contributed by atoms with Gasteiger partial charge in [0, 0.05) is 0 Å². The van der Waals surface area contributed by atoms with Crippen LogP contribution in [-0.2, 0) is 9.53 Å². The molecule has 0 amide bonds. The van der Waals surface area contributed by atoms with E-state index in [1.165, 1.54) is 0 Å². The first-order valence-corrected chi connectivity index (χ1v) is 4.99. The smallest absolute Gasteiger partial charge is 0.314 e. The molecule has 0 saturated heterocycles. The molecule has 1 N–H and O–H groups in total. The lowest BCUT2D eigenvalue weighted by molar-refractivity contribution is -0.161. The summed E-state index contributed by atoms with van der Waals surface area (Å²) in [5.41, 5.74) is -0.855. The first-order chi connectivity index (χ1) is 6.52. The Morgan fingerprint density at radius 2 is 2.21 bits per heavy atom. The van der Waals surface area contributed by atoms with Crippen LogP contribution in [-0.4, -0.2) is 23.8 Å². The Labute approximate surface area is 85.8 Å². The second kappa shape index (κ2) is 5.81. The standard InChI is InChI=1S/C11H20O3/c1-5-8-11(4,9(12)6-2)10(13)14-7-3/h5,9,12H,1,6-8H2,2-4H3/t9-,11+/m1/s1. The molecule has 0 saturated carbocycles. The lowest BCUT2D eigenvalue weighted by atomic mass is 9.80. The van der Waals surface area contributed by atoms with Crippen LogP contribution >= 0.6 is 0 Å². The van der Waals surface area contributed by atoms with Crippen LogP contribution in [0.5, 0.6) is 0 Å². The van der Waals surface area contributed by atoms with Gasteiger partial charge in [-0.05, 0) is 26.7 Å². The van der Waals surface area contributed by atoms with Gasteiger partial charge < -0.3 is 9.84 Å². The fourth-order valence-corrected chi connectivity index (χ4v) is 1.40. The fourth-order valence-electron chi connectivity index (χ4n) is 1.40. The van der Waals surface area contributed by atoms with E-state index in [9.17, 15) is 9.90 Å². The Hall–Kier alpha value is -0.830. The van der Waals surface area contributed by atoms with Gasteiger partial charge in [-0.15, -0.1) is 6.58 Å². The predicted octanol–water partition coefficient (Wildman–Crippen LogP) is 1.90. The molecule has 2 atom stereocenters. The summed E-state index contributed by atoms with van der Waals surface area (Å²) in [5, 5.41) is 9.76. The van der Waals surface area contributed by atoms with Gasteiger partial charge in [0.1, 0.15) is 0 Å². The molecule has 0 spiro atoms. The van der Waals surface area contributed by atoms with Crippen molar-refractivity contribution >= 4 is 5.97 Å². The summed E-state index contributed by atoms with van der Waals surface area (Å²) >= 11 is 0. The van der Waals surface area contributed by atoms with Gasteiger partial charge in [-0.1, -0.05) is 13.0 Å². The van der Waals surface area contributed by atoms with Crippen molar-refractivity contribution < 1.29 is 14.6 Å². The summed E-state index contributed by atoms with van der Waals surface area (Å²) in [5.74, 6) is -0.353. The van der Waals surface area contributed by atoms with Crippen LogP contribution in [0.4, 0.5) is 0 Å². The summed E-state index contributed by atoms with van der Waals surface area (Å²) in [7, 11) is 0. The highest BCUT2D eigenvalue weighted by Crippen LogP contribution is 2.30. The first kappa shape index (κ1) is 13.2. The van der Waals surface area contributed by atoms with E-state index in [4.69, 9.17) is 4.74 Å². The van der Waals surface area contributed by atoms with Crippen LogP contribution in [0.3, 0.4) is 0 Å². The Bertz CT molecular complexity index is 201. The zero-order valence-electron chi connectivity index (χ0n) is 9.25. The van der Waals surface area contributed by atoms with Crippen LogP contribution in [0.25, 0.3) is 0 Å². The molecule has 14 heavy (non-hydrogen) atoms. The third kappa shape index (κ3) is 2.84. The number of esters is 1. The average molecular weight is 200 g/mol. The van der Waals surface area contributed by atoms with E-state index in [1.807, 2.05) is 6.92 Å². The van der Waals surface area contributed by atoms with E-state index in [-0.39, 0.29) is 5.97 Å². The molecule has 0 aromatic carbocycles. The number of aliphatic hydroxyl groups is 1. The number of carbonyl (C=O) groups excluding carboxylic acids is 1. The van der Waals surface area contributed by atoms with Gasteiger partial charge in [-0.2, -0.15) is 0 Å². The van der Waals surface area contributed by atoms with Crippen molar-refractivity contribution in [1.82, 2.24) is 0 Å². The molecule has 0 radical (unpaired) electrons. The highest BCUT2D eigenvalue weighted by atomic mass is 16.5. The Morgan fingerprint density at radius 1 is 1.64 bits per heavy atom. The Kier molecular flexibility index (Phi) is 5.46. The molecule has 0 bridgehead atoms. The van der Waals surface area contributed by atoms with Gasteiger partial charge in [-0.3, -0.25) is 4.79 Å². The Balaban J connectivity index is 4.68. The van der Waals surface area contributed by atoms with E-state index in [0.29, 0.717) is 19.4 Å². The molecule has 0 rings (SSSR count). The lowest BCUT2D eigenvalue weighted by Gasteiger charge is -2.30. The minimum absolute atomic E-state index is 0.335. The molecule has 3 heteroatoms. The molecule has 82 valence electrons. The van der Waals surface area contributed by atoms with Crippen molar-refractivity contribution in [3.8, 4) is 0 Å². The summed E-state index contributed by atoms with van der Waals surface area (Å²) < 4.78 is 4.94. The summed E-state index contributed by atoms with van der Waals surface area (Å²) in [4.78, 5) is 11.6. The van der Waals surface area contributed by atoms with Crippen LogP contribution < -0.4 is 0 Å². The molecule has 0 aromatic rings. The monoisotopic (exact) mass is 200 g/mol. The van der Waals surface area contributed by atoms with Gasteiger partial charge in [-0.25, -0.2) is 0 Å². The van der Waals surface area contributed by atoms with Gasteiger partial charge in [0.2, 0.25) is 0 Å². The quantitative estimate of drug-likeness (QED) is 0.526. The molecular weight excluding hydrogens is 180 g/mol. The third-order valence-corrected chi connectivity index (χ3v) is 2.43. The van der Waals surface area contributed by atoms with E-state index in [2.05, 4.69) is 6.58 Å². The van der Waals surface area contributed by atoms with Crippen molar-refractivity contribution in [2.45, 2.75) is 39.7 Å². The highest BCUT2D eigenvalue weighted by molar-refractivity contribution is 5.77. The summed E-state index contributed by atoms with van der Waals surface area (Å²) in [6, 6.07) is 0. The van der Waals surface area contributed by atoms with E-state index in [0.717, 1.165) is 0 Å². The normalized spacial score (nSPS) is 16.9. The SMILES string of the molecule is C=CC[C@](C)(C(=O)OCC)[C@H](O)CC. The van der Waals surface area contributed by atoms with Crippen molar-refractivity contribution in [2.75, 3.05) is 6.61 Å². The van der Waals surface area contributed by atoms with E-state index in [1.54, 1.807) is 19.9 Å². The van der Waals surface area contributed by atoms with Crippen LogP contribution in [0, 0.1) is 5.41 Å². The molecule has 3 nitrogen and oxygen atoms in total. The van der Waals surface area contributed by atoms with Crippen LogP contribution in [0.2, 0.25) is 0 Å². The fraction of sp³-hybridized carbons (Fsp3) is 0.727. The maximum Gasteiger partial charge on any atom is 0.314 e. The van der Waals surface area contributed by atoms with Crippen molar-refractivity contribution in [3.05, 3.63) is 12.7 Å². The Morgan fingerprint density at radius 3 is 2.57 bits per heavy atom. The van der Waals surface area contributed by atoms with Gasteiger partial charge >= 0.3 is 5.97 Å². The topological polar surface area (TPSA) is 46.5 Å². The second-order valence-corrected chi connectivity index (χ2v) is 3.55. The molecule has 0 unspecified atom stereocenters. The summed E-state index contributed by atoms with van der Waals surface area (Å²) in [6.07, 6.45) is 1.92. The van der Waals surface area contributed by atoms with Gasteiger partial charge in [0.25, 0.3) is 0 Å². The van der Waals surface area contributed by atoms with Crippen LogP contribution in [0.15, 0.2) is 12.7 Å². The molecule has 0 heterocycles. The van der Waals surface area contributed by atoms with Crippen molar-refractivity contribution in [2.24, 2.45) is 5.41 Å². The molecule has 0 aliphatic heterocycles. The molecule has 0 aliphatic carbocycles. The average Bonchev–Trinajstić information content (AvgIpc) is 2.17. The molecule has 0 aromatic heterocycles. The third-order valence-electron chi connectivity index (χ3n) is 2.43. The zero-order chi connectivity index (χ0) is 11.2. The van der Waals surface area contributed by atoms with Gasteiger partial charge in [0.15, 0.2) is 0 Å². The number of carbonyl (C=O) groups is 1. The molecule has 0 fully saturated rings. The lowest BCUT2D eigenvalue weighted by Crippen LogP contribution is -2.40. The maximum absolute atomic E-state index is 11.6. The molecule has 0 aliphatic rings. The largest absolute Gasteiger partial charge is 0.465 e. The number of aliphatic hydroxyl groups excluding tert-OH is 1. The minimum Gasteiger partial charge on any atom is -0.465 e. The molecular formula is C11H20O3. The van der Waals surface area contributed by atoms with Crippen molar-refractivity contribution in [1.29, 1.82) is 0 Å². The van der Waals surface area contributed by atoms with E-state index >= 15 is 0 Å². The summed E-state index contributed by atoms with van der Waals surface area (Å²) in [6.45, 7) is 9.22. The number of hydrogen-bond acceptors (Lipinski definition) is 3. The number of allylic oxidation sites excluding steroid dienone is 1. The van der Waals surface area contributed by atoms with Crippen molar-refractivity contribution in [3.63, 3.8) is 0 Å². The second-order valence-electron chi connectivity index (χ2n) is 3.55.